The molecule has 0 radical (unpaired) electrons. The maximum Gasteiger partial charge on any atom is 0.311 e. The number of ether oxygens (including phenoxy) is 3. The van der Waals surface area contributed by atoms with Crippen LogP contribution < -0.4 is 14.8 Å². The Morgan fingerprint density at radius 3 is 2.41 bits per heavy atom. The van der Waals surface area contributed by atoms with E-state index in [0.29, 0.717) is 17.1 Å². The zero-order valence-electron chi connectivity index (χ0n) is 15.5. The van der Waals surface area contributed by atoms with Crippen molar-refractivity contribution >= 4 is 11.9 Å². The highest BCUT2D eigenvalue weighted by Gasteiger charge is 2.19. The van der Waals surface area contributed by atoms with E-state index in [1.54, 1.807) is 30.3 Å². The lowest BCUT2D eigenvalue weighted by atomic mass is 10.1. The average Bonchev–Trinajstić information content (AvgIpc) is 2.67. The summed E-state index contributed by atoms with van der Waals surface area (Å²) in [4.78, 5) is 24.2. The van der Waals surface area contributed by atoms with E-state index >= 15 is 0 Å². The van der Waals surface area contributed by atoms with Crippen molar-refractivity contribution < 1.29 is 28.2 Å². The molecule has 7 heteroatoms. The van der Waals surface area contributed by atoms with E-state index in [9.17, 15) is 14.0 Å². The Bertz CT molecular complexity index is 791. The summed E-state index contributed by atoms with van der Waals surface area (Å²) in [5.41, 5.74) is 1.37. The van der Waals surface area contributed by atoms with Gasteiger partial charge < -0.3 is 19.5 Å². The first-order chi connectivity index (χ1) is 12.9. The molecule has 0 aliphatic heterocycles. The number of methoxy groups -OCH3 is 2. The van der Waals surface area contributed by atoms with Crippen molar-refractivity contribution in [2.45, 2.75) is 26.0 Å². The topological polar surface area (TPSA) is 73.9 Å². The minimum Gasteiger partial charge on any atom is -0.497 e. The average molecular weight is 375 g/mol. The van der Waals surface area contributed by atoms with Crippen LogP contribution in [0.1, 0.15) is 18.1 Å². The summed E-state index contributed by atoms with van der Waals surface area (Å²) in [5.74, 6) is -0.226. The normalized spacial score (nSPS) is 11.4. The Balaban J connectivity index is 1.87. The van der Waals surface area contributed by atoms with Crippen molar-refractivity contribution in [1.29, 1.82) is 0 Å². The van der Waals surface area contributed by atoms with Crippen molar-refractivity contribution in [3.05, 3.63) is 59.4 Å². The van der Waals surface area contributed by atoms with Gasteiger partial charge in [-0.25, -0.2) is 4.39 Å². The van der Waals surface area contributed by atoms with Gasteiger partial charge in [0.15, 0.2) is 6.10 Å². The molecule has 1 N–H and O–H groups in total. The lowest BCUT2D eigenvalue weighted by molar-refractivity contribution is -0.154. The van der Waals surface area contributed by atoms with E-state index in [4.69, 9.17) is 14.2 Å². The first-order valence-corrected chi connectivity index (χ1v) is 8.35. The highest BCUT2D eigenvalue weighted by Crippen LogP contribution is 2.25. The minimum atomic E-state index is -0.956. The standard InChI is InChI=1S/C20H22FNO5/c1-13(20(24)22-12-14-4-7-16(21)8-5-14)27-19(23)10-15-6-9-17(25-2)11-18(15)26-3/h4-9,11,13H,10,12H2,1-3H3,(H,22,24). The van der Waals surface area contributed by atoms with Crippen LogP contribution in [0, 0.1) is 5.82 Å². The van der Waals surface area contributed by atoms with Gasteiger partial charge >= 0.3 is 5.97 Å². The summed E-state index contributed by atoms with van der Waals surface area (Å²) in [5, 5.41) is 2.65. The number of halogens is 1. The largest absolute Gasteiger partial charge is 0.497 e. The summed E-state index contributed by atoms with van der Waals surface area (Å²) >= 11 is 0. The fourth-order valence-corrected chi connectivity index (χ4v) is 2.38. The molecule has 2 aromatic carbocycles. The fraction of sp³-hybridized carbons (Fsp3) is 0.300. The van der Waals surface area contributed by atoms with E-state index < -0.39 is 18.0 Å². The molecule has 2 aromatic rings. The van der Waals surface area contributed by atoms with Gasteiger partial charge in [0.25, 0.3) is 5.91 Å². The van der Waals surface area contributed by atoms with Crippen LogP contribution in [0.3, 0.4) is 0 Å². The summed E-state index contributed by atoms with van der Waals surface area (Å²) in [6.07, 6.45) is -0.995. The number of hydrogen-bond acceptors (Lipinski definition) is 5. The number of benzene rings is 2. The van der Waals surface area contributed by atoms with E-state index in [2.05, 4.69) is 5.32 Å². The maximum atomic E-state index is 12.9. The van der Waals surface area contributed by atoms with Gasteiger partial charge in [-0.05, 0) is 30.7 Å². The molecule has 144 valence electrons. The molecule has 0 fully saturated rings. The van der Waals surface area contributed by atoms with Crippen LogP contribution in [-0.4, -0.2) is 32.2 Å². The van der Waals surface area contributed by atoms with Crippen molar-refractivity contribution in [1.82, 2.24) is 5.32 Å². The number of rotatable bonds is 8. The van der Waals surface area contributed by atoms with Gasteiger partial charge in [-0.1, -0.05) is 18.2 Å². The van der Waals surface area contributed by atoms with Gasteiger partial charge in [0, 0.05) is 18.2 Å². The number of amides is 1. The molecule has 0 saturated heterocycles. The molecule has 0 saturated carbocycles. The Hall–Kier alpha value is -3.09. The monoisotopic (exact) mass is 375 g/mol. The Labute approximate surface area is 157 Å². The summed E-state index contributed by atoms with van der Waals surface area (Å²) in [6.45, 7) is 1.70. The predicted octanol–water partition coefficient (Wildman–Crippen LogP) is 2.63. The van der Waals surface area contributed by atoms with Gasteiger partial charge in [0.05, 0.1) is 20.6 Å². The predicted molar refractivity (Wildman–Crippen MR) is 97.1 cm³/mol. The Kier molecular flexibility index (Phi) is 7.16. The van der Waals surface area contributed by atoms with Gasteiger partial charge in [-0.2, -0.15) is 0 Å². The smallest absolute Gasteiger partial charge is 0.311 e. The zero-order chi connectivity index (χ0) is 19.8. The first-order valence-electron chi connectivity index (χ1n) is 8.35. The second kappa shape index (κ2) is 9.56. The molecule has 2 rings (SSSR count). The summed E-state index contributed by atoms with van der Waals surface area (Å²) in [6, 6.07) is 10.9. The van der Waals surface area contributed by atoms with Crippen LogP contribution in [0.25, 0.3) is 0 Å². The molecule has 0 bridgehead atoms. The van der Waals surface area contributed by atoms with E-state index in [0.717, 1.165) is 5.56 Å². The van der Waals surface area contributed by atoms with Crippen LogP contribution in [0.5, 0.6) is 11.5 Å². The van der Waals surface area contributed by atoms with Crippen LogP contribution in [0.15, 0.2) is 42.5 Å². The molecule has 0 aliphatic rings. The lowest BCUT2D eigenvalue weighted by Gasteiger charge is -2.15. The highest BCUT2D eigenvalue weighted by atomic mass is 19.1. The number of hydrogen-bond donors (Lipinski definition) is 1. The second-order valence-corrected chi connectivity index (χ2v) is 5.83. The zero-order valence-corrected chi connectivity index (χ0v) is 15.5. The molecule has 1 unspecified atom stereocenters. The highest BCUT2D eigenvalue weighted by molar-refractivity contribution is 5.84. The third kappa shape index (κ3) is 5.99. The number of carbonyl (C=O) groups excluding carboxylic acids is 2. The molecular formula is C20H22FNO5. The van der Waals surface area contributed by atoms with Crippen LogP contribution in [0.4, 0.5) is 4.39 Å². The molecule has 0 aliphatic carbocycles. The lowest BCUT2D eigenvalue weighted by Crippen LogP contribution is -2.35. The first kappa shape index (κ1) is 20.2. The third-order valence-corrected chi connectivity index (χ3v) is 3.89. The number of carbonyl (C=O) groups is 2. The van der Waals surface area contributed by atoms with Gasteiger partial charge in [0.2, 0.25) is 0 Å². The van der Waals surface area contributed by atoms with Crippen molar-refractivity contribution in [2.24, 2.45) is 0 Å². The van der Waals surface area contributed by atoms with Crippen LogP contribution in [-0.2, 0) is 27.3 Å². The maximum absolute atomic E-state index is 12.9. The molecular weight excluding hydrogens is 353 g/mol. The summed E-state index contributed by atoms with van der Waals surface area (Å²) < 4.78 is 28.4. The molecule has 0 heterocycles. The second-order valence-electron chi connectivity index (χ2n) is 5.83. The van der Waals surface area contributed by atoms with Crippen molar-refractivity contribution in [2.75, 3.05) is 14.2 Å². The van der Waals surface area contributed by atoms with Crippen molar-refractivity contribution in [3.8, 4) is 11.5 Å². The molecule has 27 heavy (non-hydrogen) atoms. The SMILES string of the molecule is COc1ccc(CC(=O)OC(C)C(=O)NCc2ccc(F)cc2)c(OC)c1. The van der Waals surface area contributed by atoms with E-state index in [-0.39, 0.29) is 18.8 Å². The van der Waals surface area contributed by atoms with E-state index in [1.807, 2.05) is 0 Å². The number of nitrogens with one attached hydrogen (secondary N) is 1. The Morgan fingerprint density at radius 2 is 1.78 bits per heavy atom. The number of esters is 1. The van der Waals surface area contributed by atoms with Gasteiger partial charge in [0.1, 0.15) is 17.3 Å². The molecule has 0 spiro atoms. The molecule has 1 amide bonds. The molecule has 1 atom stereocenters. The quantitative estimate of drug-likeness (QED) is 0.718. The van der Waals surface area contributed by atoms with Crippen LogP contribution in [0.2, 0.25) is 0 Å². The molecule has 6 nitrogen and oxygen atoms in total. The third-order valence-electron chi connectivity index (χ3n) is 3.89. The minimum absolute atomic E-state index is 0.0389. The molecule has 0 aromatic heterocycles. The Morgan fingerprint density at radius 1 is 1.07 bits per heavy atom. The van der Waals surface area contributed by atoms with E-state index in [1.165, 1.54) is 33.3 Å². The summed E-state index contributed by atoms with van der Waals surface area (Å²) in [7, 11) is 3.03. The fourth-order valence-electron chi connectivity index (χ4n) is 2.38. The van der Waals surface area contributed by atoms with Crippen LogP contribution >= 0.6 is 0 Å². The van der Waals surface area contributed by atoms with Gasteiger partial charge in [-0.15, -0.1) is 0 Å². The van der Waals surface area contributed by atoms with Gasteiger partial charge in [-0.3, -0.25) is 9.59 Å². The van der Waals surface area contributed by atoms with Crippen molar-refractivity contribution in [3.63, 3.8) is 0 Å².